The second kappa shape index (κ2) is 6.39. The van der Waals surface area contributed by atoms with Crippen molar-refractivity contribution in [3.05, 3.63) is 11.2 Å². The van der Waals surface area contributed by atoms with Gasteiger partial charge in [0.1, 0.15) is 5.02 Å². The zero-order valence-corrected chi connectivity index (χ0v) is 12.6. The van der Waals surface area contributed by atoms with Gasteiger partial charge in [-0.3, -0.25) is 0 Å². The molecule has 1 N–H and O–H groups in total. The highest BCUT2D eigenvalue weighted by Crippen LogP contribution is 2.27. The monoisotopic (exact) mass is 283 g/mol. The Kier molecular flexibility index (Phi) is 4.82. The van der Waals surface area contributed by atoms with Gasteiger partial charge in [0, 0.05) is 25.7 Å². The van der Waals surface area contributed by atoms with Crippen LogP contribution in [0.25, 0.3) is 0 Å². The minimum absolute atomic E-state index is 0.568. The molecule has 1 aromatic heterocycles. The average Bonchev–Trinajstić information content (AvgIpc) is 2.87. The standard InChI is InChI=1S/C13H22ClN5/c1-4-6-15-13-16-8-11(14)12(17-13)19-7-5-10(9-19)18(2)3/h8,10H,4-7,9H2,1-3H3,(H,15,16,17). The van der Waals surface area contributed by atoms with Gasteiger partial charge in [-0.2, -0.15) is 4.98 Å². The van der Waals surface area contributed by atoms with Crippen molar-refractivity contribution in [2.45, 2.75) is 25.8 Å². The lowest BCUT2D eigenvalue weighted by Gasteiger charge is -2.22. The molecule has 1 fully saturated rings. The van der Waals surface area contributed by atoms with Crippen LogP contribution in [0, 0.1) is 0 Å². The van der Waals surface area contributed by atoms with Crippen LogP contribution in [0.1, 0.15) is 19.8 Å². The van der Waals surface area contributed by atoms with Crippen LogP contribution in [-0.4, -0.2) is 54.6 Å². The van der Waals surface area contributed by atoms with E-state index in [1.807, 2.05) is 0 Å². The summed E-state index contributed by atoms with van der Waals surface area (Å²) in [6.07, 6.45) is 3.88. The molecule has 1 unspecified atom stereocenters. The largest absolute Gasteiger partial charge is 0.354 e. The molecule has 0 aromatic carbocycles. The van der Waals surface area contributed by atoms with Gasteiger partial charge in [-0.1, -0.05) is 18.5 Å². The molecule has 2 heterocycles. The minimum Gasteiger partial charge on any atom is -0.354 e. The number of halogens is 1. The molecule has 2 rings (SSSR count). The Hall–Kier alpha value is -1.07. The Balaban J connectivity index is 2.11. The zero-order chi connectivity index (χ0) is 13.8. The predicted molar refractivity (Wildman–Crippen MR) is 80.1 cm³/mol. The summed E-state index contributed by atoms with van der Waals surface area (Å²) in [5.74, 6) is 1.51. The first kappa shape index (κ1) is 14.3. The normalized spacial score (nSPS) is 19.2. The van der Waals surface area contributed by atoms with Crippen LogP contribution in [0.4, 0.5) is 11.8 Å². The van der Waals surface area contributed by atoms with E-state index in [0.29, 0.717) is 17.0 Å². The third-order valence-corrected chi connectivity index (χ3v) is 3.72. The highest BCUT2D eigenvalue weighted by Gasteiger charge is 2.26. The number of likely N-dealkylation sites (N-methyl/N-ethyl adjacent to an activating group) is 1. The number of rotatable bonds is 5. The molecule has 1 aliphatic rings. The van der Waals surface area contributed by atoms with Crippen LogP contribution in [0.3, 0.4) is 0 Å². The molecular formula is C13H22ClN5. The summed E-state index contributed by atoms with van der Waals surface area (Å²) in [5.41, 5.74) is 0. The van der Waals surface area contributed by atoms with E-state index in [9.17, 15) is 0 Å². The number of aromatic nitrogens is 2. The van der Waals surface area contributed by atoms with E-state index in [1.165, 1.54) is 0 Å². The topological polar surface area (TPSA) is 44.3 Å². The lowest BCUT2D eigenvalue weighted by atomic mass is 10.2. The molecule has 1 saturated heterocycles. The van der Waals surface area contributed by atoms with Gasteiger partial charge < -0.3 is 15.1 Å². The molecular weight excluding hydrogens is 262 g/mol. The molecule has 0 amide bonds. The van der Waals surface area contributed by atoms with Crippen molar-refractivity contribution < 1.29 is 0 Å². The molecule has 0 bridgehead atoms. The van der Waals surface area contributed by atoms with Crippen LogP contribution < -0.4 is 10.2 Å². The van der Waals surface area contributed by atoms with Gasteiger partial charge in [0.15, 0.2) is 5.82 Å². The van der Waals surface area contributed by atoms with E-state index in [1.54, 1.807) is 6.20 Å². The Labute approximate surface area is 120 Å². The lowest BCUT2D eigenvalue weighted by molar-refractivity contribution is 0.315. The molecule has 0 radical (unpaired) electrons. The van der Waals surface area contributed by atoms with Crippen LogP contribution in [0.5, 0.6) is 0 Å². The summed E-state index contributed by atoms with van der Waals surface area (Å²) in [7, 11) is 4.23. The number of anilines is 2. The van der Waals surface area contributed by atoms with E-state index < -0.39 is 0 Å². The predicted octanol–water partition coefficient (Wildman–Crippen LogP) is 2.09. The van der Waals surface area contributed by atoms with E-state index in [2.05, 4.69) is 46.1 Å². The number of nitrogens with zero attached hydrogens (tertiary/aromatic N) is 4. The SMILES string of the molecule is CCCNc1ncc(Cl)c(N2CCC(N(C)C)C2)n1. The fourth-order valence-electron chi connectivity index (χ4n) is 2.26. The third kappa shape index (κ3) is 3.48. The summed E-state index contributed by atoms with van der Waals surface area (Å²) in [5, 5.41) is 3.83. The van der Waals surface area contributed by atoms with E-state index in [-0.39, 0.29) is 0 Å². The van der Waals surface area contributed by atoms with Crippen molar-refractivity contribution in [1.29, 1.82) is 0 Å². The summed E-state index contributed by atoms with van der Waals surface area (Å²) in [4.78, 5) is 13.2. The minimum atomic E-state index is 0.568. The summed E-state index contributed by atoms with van der Waals surface area (Å²) >= 11 is 6.23. The highest BCUT2D eigenvalue weighted by molar-refractivity contribution is 6.32. The Bertz CT molecular complexity index is 423. The number of hydrogen-bond donors (Lipinski definition) is 1. The van der Waals surface area contributed by atoms with Gasteiger partial charge >= 0.3 is 0 Å². The molecule has 6 heteroatoms. The maximum Gasteiger partial charge on any atom is 0.224 e. The first-order valence-corrected chi connectivity index (χ1v) is 7.17. The van der Waals surface area contributed by atoms with E-state index >= 15 is 0 Å². The van der Waals surface area contributed by atoms with Gasteiger partial charge in [0.05, 0.1) is 6.20 Å². The first-order valence-electron chi connectivity index (χ1n) is 6.79. The molecule has 1 atom stereocenters. The smallest absolute Gasteiger partial charge is 0.224 e. The molecule has 106 valence electrons. The molecule has 0 spiro atoms. The molecule has 5 nitrogen and oxygen atoms in total. The molecule has 0 saturated carbocycles. The van der Waals surface area contributed by atoms with Crippen LogP contribution in [-0.2, 0) is 0 Å². The third-order valence-electron chi connectivity index (χ3n) is 3.45. The number of hydrogen-bond acceptors (Lipinski definition) is 5. The van der Waals surface area contributed by atoms with Crippen LogP contribution in [0.2, 0.25) is 5.02 Å². The van der Waals surface area contributed by atoms with Crippen LogP contribution >= 0.6 is 11.6 Å². The average molecular weight is 284 g/mol. The van der Waals surface area contributed by atoms with Gasteiger partial charge in [0.2, 0.25) is 5.95 Å². The fourth-order valence-corrected chi connectivity index (χ4v) is 2.47. The second-order valence-electron chi connectivity index (χ2n) is 5.14. The summed E-state index contributed by atoms with van der Waals surface area (Å²) in [6, 6.07) is 0.568. The first-order chi connectivity index (χ1) is 9.11. The molecule has 0 aliphatic carbocycles. The summed E-state index contributed by atoms with van der Waals surface area (Å²) < 4.78 is 0. The van der Waals surface area contributed by atoms with Crippen molar-refractivity contribution in [2.75, 3.05) is 43.9 Å². The maximum atomic E-state index is 6.23. The van der Waals surface area contributed by atoms with E-state index in [4.69, 9.17) is 11.6 Å². The Morgan fingerprint density at radius 2 is 2.32 bits per heavy atom. The Morgan fingerprint density at radius 1 is 1.53 bits per heavy atom. The van der Waals surface area contributed by atoms with Gasteiger partial charge in [-0.15, -0.1) is 0 Å². The van der Waals surface area contributed by atoms with Crippen molar-refractivity contribution in [2.24, 2.45) is 0 Å². The van der Waals surface area contributed by atoms with Crippen molar-refractivity contribution >= 4 is 23.4 Å². The molecule has 1 aliphatic heterocycles. The lowest BCUT2D eigenvalue weighted by Crippen LogP contribution is -2.31. The zero-order valence-electron chi connectivity index (χ0n) is 11.9. The molecule has 1 aromatic rings. The van der Waals surface area contributed by atoms with Crippen molar-refractivity contribution in [3.8, 4) is 0 Å². The molecule has 19 heavy (non-hydrogen) atoms. The summed E-state index contributed by atoms with van der Waals surface area (Å²) in [6.45, 7) is 4.96. The fraction of sp³-hybridized carbons (Fsp3) is 0.692. The van der Waals surface area contributed by atoms with Crippen LogP contribution in [0.15, 0.2) is 6.20 Å². The number of nitrogens with one attached hydrogen (secondary N) is 1. The van der Waals surface area contributed by atoms with Gasteiger partial charge in [-0.05, 0) is 26.9 Å². The maximum absolute atomic E-state index is 6.23. The van der Waals surface area contributed by atoms with Crippen molar-refractivity contribution in [3.63, 3.8) is 0 Å². The highest BCUT2D eigenvalue weighted by atomic mass is 35.5. The van der Waals surface area contributed by atoms with Gasteiger partial charge in [0.25, 0.3) is 0 Å². The van der Waals surface area contributed by atoms with Gasteiger partial charge in [-0.25, -0.2) is 4.98 Å². The quantitative estimate of drug-likeness (QED) is 0.896. The second-order valence-corrected chi connectivity index (χ2v) is 5.55. The van der Waals surface area contributed by atoms with Crippen molar-refractivity contribution in [1.82, 2.24) is 14.9 Å². The Morgan fingerprint density at radius 3 is 2.95 bits per heavy atom. The van der Waals surface area contributed by atoms with E-state index in [0.717, 1.165) is 38.3 Å².